The fourth-order valence-electron chi connectivity index (χ4n) is 3.59. The van der Waals surface area contributed by atoms with Gasteiger partial charge in [0.1, 0.15) is 24.0 Å². The average Bonchev–Trinajstić information content (AvgIpc) is 2.99. The molecule has 0 spiro atoms. The van der Waals surface area contributed by atoms with Crippen molar-refractivity contribution in [1.82, 2.24) is 24.6 Å². The van der Waals surface area contributed by atoms with Crippen LogP contribution in [0.3, 0.4) is 0 Å². The maximum Gasteiger partial charge on any atom is 0.267 e. The molecule has 1 N–H and O–H groups in total. The fraction of sp³-hybridized carbons (Fsp3) is 0.226. The monoisotopic (exact) mass is 573 g/mol. The summed E-state index contributed by atoms with van der Waals surface area (Å²) in [5.74, 6) is -0.879. The van der Waals surface area contributed by atoms with Crippen LogP contribution in [0.2, 0.25) is 0 Å². The van der Waals surface area contributed by atoms with Crippen LogP contribution in [0, 0.1) is 17.1 Å². The van der Waals surface area contributed by atoms with E-state index in [1.54, 1.807) is 38.5 Å². The minimum atomic E-state index is -0.665. The lowest BCUT2D eigenvalue weighted by molar-refractivity contribution is -0.104. The molecule has 0 fully saturated rings. The van der Waals surface area contributed by atoms with E-state index in [0.29, 0.717) is 40.2 Å². The molecule has 2 aromatic heterocycles. The van der Waals surface area contributed by atoms with Gasteiger partial charge in [0.2, 0.25) is 0 Å². The number of aryl methyl sites for hydroxylation is 1. The number of nitriles is 1. The zero-order valence-corrected chi connectivity index (χ0v) is 24.3. The van der Waals surface area contributed by atoms with Crippen LogP contribution in [0.15, 0.2) is 89.4 Å². The zero-order chi connectivity index (χ0) is 31.2. The molecule has 1 atom stereocenters. The molecule has 0 aliphatic carbocycles. The predicted octanol–water partition coefficient (Wildman–Crippen LogP) is 5.21. The largest absolute Gasteiger partial charge is 0.377 e. The van der Waals surface area contributed by atoms with E-state index >= 15 is 0 Å². The zero-order valence-electron chi connectivity index (χ0n) is 24.3. The Labute approximate surface area is 243 Å². The predicted molar refractivity (Wildman–Crippen MR) is 160 cm³/mol. The Morgan fingerprint density at radius 1 is 1.14 bits per heavy atom. The molecular weight excluding hydrogens is 540 g/mol. The van der Waals surface area contributed by atoms with Crippen molar-refractivity contribution in [3.63, 3.8) is 0 Å². The summed E-state index contributed by atoms with van der Waals surface area (Å²) in [6.07, 6.45) is 11.9. The lowest BCUT2D eigenvalue weighted by Gasteiger charge is -2.19. The van der Waals surface area contributed by atoms with Crippen LogP contribution >= 0.6 is 0 Å². The number of hydrogen-bond acceptors (Lipinski definition) is 8. The molecule has 1 unspecified atom stereocenters. The van der Waals surface area contributed by atoms with Gasteiger partial charge in [-0.1, -0.05) is 19.9 Å². The first-order valence-corrected chi connectivity index (χ1v) is 13.0. The van der Waals surface area contributed by atoms with Gasteiger partial charge in [-0.15, -0.1) is 0 Å². The number of aldehydes is 1. The van der Waals surface area contributed by atoms with Crippen molar-refractivity contribution >= 4 is 17.7 Å². The number of halogens is 2. The number of nitrogens with zero attached hydrogens (tertiary/aromatic N) is 6. The molecule has 1 aromatic carbocycles. The molecule has 0 radical (unpaired) electrons. The summed E-state index contributed by atoms with van der Waals surface area (Å²) in [6, 6.07) is 6.58. The lowest BCUT2D eigenvalue weighted by atomic mass is 10.0. The van der Waals surface area contributed by atoms with Gasteiger partial charge in [0.15, 0.2) is 5.82 Å². The van der Waals surface area contributed by atoms with E-state index in [9.17, 15) is 23.6 Å². The molecule has 0 saturated heterocycles. The summed E-state index contributed by atoms with van der Waals surface area (Å²) in [5, 5.41) is 16.5. The van der Waals surface area contributed by atoms with Crippen molar-refractivity contribution in [1.29, 1.82) is 5.26 Å². The molecule has 42 heavy (non-hydrogen) atoms. The van der Waals surface area contributed by atoms with Gasteiger partial charge in [-0.2, -0.15) is 10.4 Å². The van der Waals surface area contributed by atoms with E-state index < -0.39 is 17.7 Å². The standard InChI is InChI=1S/C29H27F2N7O2.C2H6/c1-19(36-26-9-8-25(31)13-21(26)15-32)20(12-24(30)6-5-11-39)7-10-27(37(2)3)23-16-33-29(34-17-23)22-14-28(40)38(4)35-18-22;1-2/h5-14,16-19,36H,1-4H3;1-2H3/b6-5+,20-7-,24-12+,27-10-;. The molecule has 3 rings (SSSR count). The molecule has 0 saturated carbocycles. The van der Waals surface area contributed by atoms with Crippen molar-refractivity contribution < 1.29 is 13.6 Å². The number of carbonyl (C=O) groups excluding carboxylic acids is 1. The lowest BCUT2D eigenvalue weighted by Crippen LogP contribution is -2.18. The van der Waals surface area contributed by atoms with Crippen molar-refractivity contribution in [2.24, 2.45) is 7.05 Å². The number of rotatable bonds is 10. The van der Waals surface area contributed by atoms with E-state index in [4.69, 9.17) is 0 Å². The highest BCUT2D eigenvalue weighted by Crippen LogP contribution is 2.23. The Hall–Kier alpha value is -5.24. The smallest absolute Gasteiger partial charge is 0.267 e. The normalized spacial score (nSPS) is 12.7. The van der Waals surface area contributed by atoms with Gasteiger partial charge in [0, 0.05) is 62.5 Å². The van der Waals surface area contributed by atoms with Crippen LogP contribution in [-0.2, 0) is 11.8 Å². The Balaban J connectivity index is 0.00000301. The third kappa shape index (κ3) is 9.16. The van der Waals surface area contributed by atoms with E-state index in [2.05, 4.69) is 20.4 Å². The summed E-state index contributed by atoms with van der Waals surface area (Å²) in [4.78, 5) is 33.1. The minimum absolute atomic E-state index is 0.102. The van der Waals surface area contributed by atoms with Crippen LogP contribution in [0.25, 0.3) is 17.1 Å². The van der Waals surface area contributed by atoms with Crippen LogP contribution in [0.4, 0.5) is 14.5 Å². The number of carbonyl (C=O) groups is 1. The Bertz CT molecular complexity index is 1600. The van der Waals surface area contributed by atoms with Gasteiger partial charge in [0.25, 0.3) is 5.56 Å². The van der Waals surface area contributed by atoms with Crippen molar-refractivity contribution in [2.75, 3.05) is 19.4 Å². The molecule has 3 aromatic rings. The SMILES string of the molecule is CC.CC(Nc1ccc(F)cc1C#N)C(=C\C=C(\c1cnc(-c2cnn(C)c(=O)c2)nc1)N(C)C)/C=C(F)\C=C\C=O. The number of nitrogens with one attached hydrogen (secondary N) is 1. The summed E-state index contributed by atoms with van der Waals surface area (Å²) < 4.78 is 29.4. The van der Waals surface area contributed by atoms with Gasteiger partial charge in [-0.3, -0.25) is 9.59 Å². The number of benzene rings is 1. The third-order valence-corrected chi connectivity index (χ3v) is 5.70. The van der Waals surface area contributed by atoms with Crippen molar-refractivity contribution in [2.45, 2.75) is 26.8 Å². The first kappa shape index (κ1) is 33.0. The highest BCUT2D eigenvalue weighted by Gasteiger charge is 2.13. The number of allylic oxidation sites excluding steroid dienone is 5. The first-order chi connectivity index (χ1) is 20.1. The van der Waals surface area contributed by atoms with E-state index in [1.807, 2.05) is 38.9 Å². The number of hydrogen-bond donors (Lipinski definition) is 1. The topological polar surface area (TPSA) is 117 Å². The molecule has 0 aliphatic rings. The molecule has 0 bridgehead atoms. The molecular formula is C31H33F2N7O2. The molecule has 218 valence electrons. The minimum Gasteiger partial charge on any atom is -0.377 e. The van der Waals surface area contributed by atoms with Crippen LogP contribution < -0.4 is 10.9 Å². The van der Waals surface area contributed by atoms with E-state index in [-0.39, 0.29) is 11.1 Å². The summed E-state index contributed by atoms with van der Waals surface area (Å²) >= 11 is 0. The van der Waals surface area contributed by atoms with Crippen molar-refractivity contribution in [3.8, 4) is 17.5 Å². The van der Waals surface area contributed by atoms with Crippen LogP contribution in [0.1, 0.15) is 31.9 Å². The number of anilines is 1. The maximum atomic E-state index is 14.6. The Kier molecular flexibility index (Phi) is 12.7. The second-order valence-electron chi connectivity index (χ2n) is 8.81. The summed E-state index contributed by atoms with van der Waals surface area (Å²) in [6.45, 7) is 5.75. The number of aromatic nitrogens is 4. The molecule has 2 heterocycles. The summed E-state index contributed by atoms with van der Waals surface area (Å²) in [5.41, 5.74) is 2.48. The van der Waals surface area contributed by atoms with Crippen LogP contribution in [-0.4, -0.2) is 51.1 Å². The first-order valence-electron chi connectivity index (χ1n) is 13.0. The second-order valence-corrected chi connectivity index (χ2v) is 8.81. The molecule has 11 heteroatoms. The van der Waals surface area contributed by atoms with E-state index in [1.165, 1.54) is 35.2 Å². The van der Waals surface area contributed by atoms with Gasteiger partial charge in [-0.25, -0.2) is 23.4 Å². The quantitative estimate of drug-likeness (QED) is 0.200. The molecule has 9 nitrogen and oxygen atoms in total. The van der Waals surface area contributed by atoms with Crippen molar-refractivity contribution in [3.05, 3.63) is 112 Å². The highest BCUT2D eigenvalue weighted by atomic mass is 19.1. The second kappa shape index (κ2) is 16.1. The highest BCUT2D eigenvalue weighted by molar-refractivity contribution is 5.67. The van der Waals surface area contributed by atoms with Gasteiger partial charge >= 0.3 is 0 Å². The Morgan fingerprint density at radius 2 is 1.83 bits per heavy atom. The fourth-order valence-corrected chi connectivity index (χ4v) is 3.59. The van der Waals surface area contributed by atoms with Crippen LogP contribution in [0.5, 0.6) is 0 Å². The molecule has 0 amide bonds. The van der Waals surface area contributed by atoms with Gasteiger partial charge in [-0.05, 0) is 55.0 Å². The van der Waals surface area contributed by atoms with Gasteiger partial charge < -0.3 is 10.2 Å². The summed E-state index contributed by atoms with van der Waals surface area (Å²) in [7, 11) is 5.19. The molecule has 0 aliphatic heterocycles. The average molecular weight is 574 g/mol. The maximum absolute atomic E-state index is 14.6. The third-order valence-electron chi connectivity index (χ3n) is 5.70. The Morgan fingerprint density at radius 3 is 2.43 bits per heavy atom. The van der Waals surface area contributed by atoms with E-state index in [0.717, 1.165) is 18.2 Å². The van der Waals surface area contributed by atoms with Gasteiger partial charge in [0.05, 0.1) is 17.4 Å².